The average Bonchev–Trinajstić information content (AvgIpc) is 1.84. The molecule has 0 saturated carbocycles. The van der Waals surface area contributed by atoms with E-state index in [0.717, 1.165) is 0 Å². The van der Waals surface area contributed by atoms with Gasteiger partial charge in [-0.1, -0.05) is 6.58 Å². The molecule has 0 N–H and O–H groups in total. The summed E-state index contributed by atoms with van der Waals surface area (Å²) in [6.07, 6.45) is -3.63. The molecule has 12 heavy (non-hydrogen) atoms. The van der Waals surface area contributed by atoms with Crippen LogP contribution in [0.2, 0.25) is 0 Å². The Morgan fingerprint density at radius 2 is 2.08 bits per heavy atom. The number of rotatable bonds is 4. The van der Waals surface area contributed by atoms with Crippen LogP contribution in [0.25, 0.3) is 0 Å². The van der Waals surface area contributed by atoms with E-state index in [1.54, 1.807) is 0 Å². The van der Waals surface area contributed by atoms with E-state index < -0.39 is 24.9 Å². The van der Waals surface area contributed by atoms with Gasteiger partial charge in [-0.05, 0) is 13.8 Å². The van der Waals surface area contributed by atoms with Crippen molar-refractivity contribution in [2.45, 2.75) is 32.8 Å². The molecule has 0 bridgehead atoms. The van der Waals surface area contributed by atoms with Crippen molar-refractivity contribution in [3.63, 3.8) is 0 Å². The van der Waals surface area contributed by atoms with Crippen LogP contribution in [0.3, 0.4) is 0 Å². The van der Waals surface area contributed by atoms with Crippen molar-refractivity contribution in [1.29, 1.82) is 0 Å². The SMILES string of the molecule is C=C(C)C(=O)OC(C)CC(F)F. The van der Waals surface area contributed by atoms with Crippen LogP contribution in [0.1, 0.15) is 20.3 Å². The molecule has 0 aliphatic carbocycles. The van der Waals surface area contributed by atoms with Gasteiger partial charge in [0.2, 0.25) is 6.43 Å². The minimum Gasteiger partial charge on any atom is -0.459 e. The van der Waals surface area contributed by atoms with Crippen LogP contribution in [0.5, 0.6) is 0 Å². The summed E-state index contributed by atoms with van der Waals surface area (Å²) in [5, 5.41) is 0. The van der Waals surface area contributed by atoms with Gasteiger partial charge in [-0.2, -0.15) is 0 Å². The van der Waals surface area contributed by atoms with Gasteiger partial charge in [0, 0.05) is 12.0 Å². The van der Waals surface area contributed by atoms with Crippen LogP contribution in [0.4, 0.5) is 8.78 Å². The van der Waals surface area contributed by atoms with E-state index in [1.807, 2.05) is 0 Å². The second-order valence-corrected chi connectivity index (χ2v) is 2.62. The molecule has 0 heterocycles. The maximum absolute atomic E-state index is 11.7. The van der Waals surface area contributed by atoms with Crippen LogP contribution < -0.4 is 0 Å². The molecule has 0 aromatic rings. The molecule has 0 radical (unpaired) electrons. The van der Waals surface area contributed by atoms with E-state index >= 15 is 0 Å². The Kier molecular flexibility index (Phi) is 4.47. The van der Waals surface area contributed by atoms with E-state index in [0.29, 0.717) is 0 Å². The Labute approximate surface area is 70.2 Å². The van der Waals surface area contributed by atoms with Crippen molar-refractivity contribution in [3.8, 4) is 0 Å². The first-order valence-electron chi connectivity index (χ1n) is 3.58. The molecule has 0 spiro atoms. The zero-order chi connectivity index (χ0) is 9.72. The van der Waals surface area contributed by atoms with Crippen molar-refractivity contribution in [3.05, 3.63) is 12.2 Å². The smallest absolute Gasteiger partial charge is 0.333 e. The van der Waals surface area contributed by atoms with E-state index in [-0.39, 0.29) is 5.57 Å². The number of esters is 1. The molecule has 1 atom stereocenters. The first-order chi connectivity index (χ1) is 5.43. The minimum absolute atomic E-state index is 0.219. The standard InChI is InChI=1S/C8H12F2O2/c1-5(2)8(11)12-6(3)4-7(9)10/h6-7H,1,4H2,2-3H3. The lowest BCUT2D eigenvalue weighted by Gasteiger charge is -2.11. The molecular formula is C8H12F2O2. The van der Waals surface area contributed by atoms with Crippen molar-refractivity contribution in [1.82, 2.24) is 0 Å². The number of hydrogen-bond acceptors (Lipinski definition) is 2. The van der Waals surface area contributed by atoms with Crippen LogP contribution in [0.15, 0.2) is 12.2 Å². The van der Waals surface area contributed by atoms with Gasteiger partial charge >= 0.3 is 5.97 Å². The Morgan fingerprint density at radius 3 is 2.42 bits per heavy atom. The summed E-state index contributed by atoms with van der Waals surface area (Å²) in [5.41, 5.74) is 0.219. The van der Waals surface area contributed by atoms with Crippen LogP contribution in [-0.4, -0.2) is 18.5 Å². The van der Waals surface area contributed by atoms with Crippen LogP contribution in [0, 0.1) is 0 Å². The lowest BCUT2D eigenvalue weighted by atomic mass is 10.3. The Balaban J connectivity index is 3.76. The topological polar surface area (TPSA) is 26.3 Å². The third-order valence-corrected chi connectivity index (χ3v) is 1.17. The largest absolute Gasteiger partial charge is 0.459 e. The molecule has 0 aliphatic rings. The average molecular weight is 178 g/mol. The van der Waals surface area contributed by atoms with Crippen molar-refractivity contribution in [2.24, 2.45) is 0 Å². The highest BCUT2D eigenvalue weighted by Crippen LogP contribution is 2.08. The summed E-state index contributed by atoms with van der Waals surface area (Å²) in [4.78, 5) is 10.8. The van der Waals surface area contributed by atoms with E-state index in [2.05, 4.69) is 11.3 Å². The van der Waals surface area contributed by atoms with Crippen LogP contribution >= 0.6 is 0 Å². The fraction of sp³-hybridized carbons (Fsp3) is 0.625. The van der Waals surface area contributed by atoms with Gasteiger partial charge in [-0.25, -0.2) is 13.6 Å². The highest BCUT2D eigenvalue weighted by molar-refractivity contribution is 5.87. The quantitative estimate of drug-likeness (QED) is 0.487. The van der Waals surface area contributed by atoms with E-state index in [4.69, 9.17) is 0 Å². The second kappa shape index (κ2) is 4.85. The maximum Gasteiger partial charge on any atom is 0.333 e. The highest BCUT2D eigenvalue weighted by Gasteiger charge is 2.14. The monoisotopic (exact) mass is 178 g/mol. The molecule has 0 aromatic carbocycles. The molecule has 0 saturated heterocycles. The molecule has 0 fully saturated rings. The van der Waals surface area contributed by atoms with Gasteiger partial charge < -0.3 is 4.74 Å². The highest BCUT2D eigenvalue weighted by atomic mass is 19.3. The minimum atomic E-state index is -2.45. The van der Waals surface area contributed by atoms with Crippen molar-refractivity contribution < 1.29 is 18.3 Å². The molecule has 1 unspecified atom stereocenters. The van der Waals surface area contributed by atoms with Gasteiger partial charge in [0.05, 0.1) is 0 Å². The summed E-state index contributed by atoms with van der Waals surface area (Å²) < 4.78 is 28.1. The third kappa shape index (κ3) is 4.82. The van der Waals surface area contributed by atoms with Crippen molar-refractivity contribution >= 4 is 5.97 Å². The van der Waals surface area contributed by atoms with Crippen LogP contribution in [-0.2, 0) is 9.53 Å². The Hall–Kier alpha value is -0.930. The molecule has 2 nitrogen and oxygen atoms in total. The van der Waals surface area contributed by atoms with E-state index in [1.165, 1.54) is 13.8 Å². The van der Waals surface area contributed by atoms with E-state index in [9.17, 15) is 13.6 Å². The van der Waals surface area contributed by atoms with Gasteiger partial charge in [-0.3, -0.25) is 0 Å². The summed E-state index contributed by atoms with van der Waals surface area (Å²) in [6, 6.07) is 0. The summed E-state index contributed by atoms with van der Waals surface area (Å²) in [5.74, 6) is -0.622. The zero-order valence-electron chi connectivity index (χ0n) is 7.14. The number of ether oxygens (including phenoxy) is 1. The van der Waals surface area contributed by atoms with Gasteiger partial charge in [0.15, 0.2) is 0 Å². The molecule has 4 heteroatoms. The fourth-order valence-corrected chi connectivity index (χ4v) is 0.582. The second-order valence-electron chi connectivity index (χ2n) is 2.62. The molecule has 70 valence electrons. The molecule has 0 aromatic heterocycles. The molecule has 0 aliphatic heterocycles. The Bertz CT molecular complexity index is 178. The summed E-state index contributed by atoms with van der Waals surface area (Å²) in [6.45, 7) is 6.22. The first-order valence-corrected chi connectivity index (χ1v) is 3.58. The fourth-order valence-electron chi connectivity index (χ4n) is 0.582. The first kappa shape index (κ1) is 11.1. The third-order valence-electron chi connectivity index (χ3n) is 1.17. The number of carbonyl (C=O) groups excluding carboxylic acids is 1. The number of hydrogen-bond donors (Lipinski definition) is 0. The molecule has 0 rings (SSSR count). The Morgan fingerprint density at radius 1 is 1.58 bits per heavy atom. The predicted octanol–water partition coefficient (Wildman–Crippen LogP) is 2.15. The maximum atomic E-state index is 11.7. The predicted molar refractivity (Wildman–Crippen MR) is 41.0 cm³/mol. The van der Waals surface area contributed by atoms with Gasteiger partial charge in [-0.15, -0.1) is 0 Å². The summed E-state index contributed by atoms with van der Waals surface area (Å²) >= 11 is 0. The molecular weight excluding hydrogens is 166 g/mol. The lowest BCUT2D eigenvalue weighted by Crippen LogP contribution is -2.17. The summed E-state index contributed by atoms with van der Waals surface area (Å²) in [7, 11) is 0. The number of carbonyl (C=O) groups is 1. The van der Waals surface area contributed by atoms with Crippen molar-refractivity contribution in [2.75, 3.05) is 0 Å². The zero-order valence-corrected chi connectivity index (χ0v) is 7.14. The normalized spacial score (nSPS) is 12.8. The van der Waals surface area contributed by atoms with Gasteiger partial charge in [0.25, 0.3) is 0 Å². The number of alkyl halides is 2. The van der Waals surface area contributed by atoms with Gasteiger partial charge in [0.1, 0.15) is 6.10 Å². The number of halogens is 2. The lowest BCUT2D eigenvalue weighted by molar-refractivity contribution is -0.144. The molecule has 0 amide bonds.